The Morgan fingerprint density at radius 2 is 2.07 bits per heavy atom. The number of thiophene rings is 1. The number of hydrogen-bond donors (Lipinski definition) is 1. The van der Waals surface area contributed by atoms with Gasteiger partial charge in [0.2, 0.25) is 11.8 Å². The molecular formula is C20H22BrN3O2S. The van der Waals surface area contributed by atoms with E-state index in [9.17, 15) is 9.59 Å². The number of carbonyl (C=O) groups is 2. The molecule has 0 unspecified atom stereocenters. The van der Waals surface area contributed by atoms with Crippen molar-refractivity contribution in [3.8, 4) is 0 Å². The lowest BCUT2D eigenvalue weighted by molar-refractivity contribution is -0.123. The number of nitrogens with zero attached hydrogens (tertiary/aromatic N) is 2. The Labute approximate surface area is 171 Å². The number of benzene rings is 1. The molecule has 0 atom stereocenters. The number of carbonyl (C=O) groups excluding carboxylic acids is 2. The van der Waals surface area contributed by atoms with Gasteiger partial charge in [-0.1, -0.05) is 26.0 Å². The highest BCUT2D eigenvalue weighted by molar-refractivity contribution is 9.11. The Morgan fingerprint density at radius 1 is 1.30 bits per heavy atom. The SMILES string of the molecule is CC(C)CCNC(=O)CN1C(=O)CC(c2ccc(Br)s2)=Nc2ccccc21. The Hall–Kier alpha value is -1.99. The van der Waals surface area contributed by atoms with E-state index in [4.69, 9.17) is 4.99 Å². The lowest BCUT2D eigenvalue weighted by Crippen LogP contribution is -2.41. The lowest BCUT2D eigenvalue weighted by Gasteiger charge is -2.22. The molecule has 0 fully saturated rings. The molecule has 0 radical (unpaired) electrons. The number of aliphatic imine (C=N–C) groups is 1. The molecule has 5 nitrogen and oxygen atoms in total. The van der Waals surface area contributed by atoms with Crippen molar-refractivity contribution >= 4 is 56.2 Å². The zero-order valence-corrected chi connectivity index (χ0v) is 17.8. The highest BCUT2D eigenvalue weighted by atomic mass is 79.9. The van der Waals surface area contributed by atoms with Crippen LogP contribution in [0.4, 0.5) is 11.4 Å². The first-order chi connectivity index (χ1) is 12.9. The average molecular weight is 448 g/mol. The molecule has 1 N–H and O–H groups in total. The third kappa shape index (κ3) is 5.05. The summed E-state index contributed by atoms with van der Waals surface area (Å²) in [5, 5.41) is 2.90. The quantitative estimate of drug-likeness (QED) is 0.706. The van der Waals surface area contributed by atoms with Gasteiger partial charge in [-0.25, -0.2) is 4.99 Å². The van der Waals surface area contributed by atoms with Crippen LogP contribution in [0, 0.1) is 5.92 Å². The first kappa shape index (κ1) is 19.8. The summed E-state index contributed by atoms with van der Waals surface area (Å²) in [5.41, 5.74) is 2.11. The summed E-state index contributed by atoms with van der Waals surface area (Å²) in [6.07, 6.45) is 1.08. The standard InChI is InChI=1S/C20H22BrN3O2S/c1-13(2)9-10-22-19(25)12-24-16-6-4-3-5-14(16)23-15(11-20(24)26)17-7-8-18(21)27-17/h3-8,13H,9-12H2,1-2H3,(H,22,25). The second-order valence-corrected chi connectivity index (χ2v) is 9.30. The zero-order valence-electron chi connectivity index (χ0n) is 15.4. The van der Waals surface area contributed by atoms with Crippen LogP contribution in [0.2, 0.25) is 0 Å². The largest absolute Gasteiger partial charge is 0.355 e. The van der Waals surface area contributed by atoms with Gasteiger partial charge in [-0.15, -0.1) is 11.3 Å². The molecule has 27 heavy (non-hydrogen) atoms. The zero-order chi connectivity index (χ0) is 19.4. The topological polar surface area (TPSA) is 61.8 Å². The minimum absolute atomic E-state index is 0.00484. The third-order valence-electron chi connectivity index (χ3n) is 4.25. The number of rotatable bonds is 6. The Morgan fingerprint density at radius 3 is 2.78 bits per heavy atom. The summed E-state index contributed by atoms with van der Waals surface area (Å²) < 4.78 is 0.992. The van der Waals surface area contributed by atoms with Crippen molar-refractivity contribution in [1.29, 1.82) is 0 Å². The van der Waals surface area contributed by atoms with Gasteiger partial charge in [0.15, 0.2) is 0 Å². The number of halogens is 1. The Bertz CT molecular complexity index is 876. The maximum absolute atomic E-state index is 12.9. The van der Waals surface area contributed by atoms with Crippen LogP contribution in [0.25, 0.3) is 0 Å². The molecule has 0 spiro atoms. The van der Waals surface area contributed by atoms with Crippen molar-refractivity contribution in [1.82, 2.24) is 5.32 Å². The summed E-state index contributed by atoms with van der Waals surface area (Å²) in [5.74, 6) is 0.246. The van der Waals surface area contributed by atoms with Crippen molar-refractivity contribution in [2.24, 2.45) is 10.9 Å². The number of hydrogen-bond acceptors (Lipinski definition) is 4. The molecule has 142 valence electrons. The van der Waals surface area contributed by atoms with Crippen LogP contribution >= 0.6 is 27.3 Å². The Balaban J connectivity index is 1.82. The van der Waals surface area contributed by atoms with Crippen molar-refractivity contribution in [3.63, 3.8) is 0 Å². The van der Waals surface area contributed by atoms with Crippen LogP contribution in [-0.4, -0.2) is 30.6 Å². The average Bonchev–Trinajstić information content (AvgIpc) is 3.00. The molecule has 1 aromatic carbocycles. The second-order valence-electron chi connectivity index (χ2n) is 6.84. The molecule has 7 heteroatoms. The smallest absolute Gasteiger partial charge is 0.240 e. The fourth-order valence-electron chi connectivity index (χ4n) is 2.83. The van der Waals surface area contributed by atoms with Gasteiger partial charge in [-0.05, 0) is 52.5 Å². The monoisotopic (exact) mass is 447 g/mol. The molecule has 0 aliphatic carbocycles. The molecule has 1 aliphatic heterocycles. The minimum atomic E-state index is -0.152. The van der Waals surface area contributed by atoms with Crippen LogP contribution in [0.5, 0.6) is 0 Å². The molecule has 0 saturated carbocycles. The van der Waals surface area contributed by atoms with E-state index in [-0.39, 0.29) is 24.8 Å². The Kier molecular flexibility index (Phi) is 6.44. The van der Waals surface area contributed by atoms with E-state index in [1.54, 1.807) is 16.2 Å². The van der Waals surface area contributed by atoms with Crippen LogP contribution in [-0.2, 0) is 9.59 Å². The number of para-hydroxylation sites is 2. The van der Waals surface area contributed by atoms with Gasteiger partial charge in [0, 0.05) is 6.54 Å². The summed E-state index contributed by atoms with van der Waals surface area (Å²) >= 11 is 5.00. The molecule has 1 aromatic heterocycles. The fraction of sp³-hybridized carbons (Fsp3) is 0.350. The van der Waals surface area contributed by atoms with Gasteiger partial charge in [0.05, 0.1) is 32.2 Å². The maximum atomic E-state index is 12.9. The van der Waals surface area contributed by atoms with E-state index in [1.807, 2.05) is 36.4 Å². The van der Waals surface area contributed by atoms with Crippen LogP contribution in [0.3, 0.4) is 0 Å². The van der Waals surface area contributed by atoms with E-state index in [0.717, 1.165) is 20.8 Å². The molecule has 2 amide bonds. The molecular weight excluding hydrogens is 426 g/mol. The molecule has 2 heterocycles. The second kappa shape index (κ2) is 8.80. The van der Waals surface area contributed by atoms with Crippen molar-refractivity contribution in [2.75, 3.05) is 18.0 Å². The summed E-state index contributed by atoms with van der Waals surface area (Å²) in [7, 11) is 0. The summed E-state index contributed by atoms with van der Waals surface area (Å²) in [6.45, 7) is 4.85. The number of fused-ring (bicyclic) bond motifs is 1. The number of nitrogens with one attached hydrogen (secondary N) is 1. The van der Waals surface area contributed by atoms with Crippen LogP contribution in [0.1, 0.15) is 31.6 Å². The molecule has 0 bridgehead atoms. The number of anilines is 1. The summed E-state index contributed by atoms with van der Waals surface area (Å²) in [4.78, 5) is 32.5. The van der Waals surface area contributed by atoms with Gasteiger partial charge in [0.1, 0.15) is 6.54 Å². The highest BCUT2D eigenvalue weighted by Crippen LogP contribution is 2.34. The van der Waals surface area contributed by atoms with E-state index in [0.29, 0.717) is 23.8 Å². The van der Waals surface area contributed by atoms with E-state index < -0.39 is 0 Å². The van der Waals surface area contributed by atoms with Crippen LogP contribution < -0.4 is 10.2 Å². The minimum Gasteiger partial charge on any atom is -0.355 e. The summed E-state index contributed by atoms with van der Waals surface area (Å²) in [6, 6.07) is 11.4. The van der Waals surface area contributed by atoms with Gasteiger partial charge in [0.25, 0.3) is 0 Å². The van der Waals surface area contributed by atoms with Gasteiger partial charge >= 0.3 is 0 Å². The van der Waals surface area contributed by atoms with Gasteiger partial charge in [-0.2, -0.15) is 0 Å². The van der Waals surface area contributed by atoms with Gasteiger partial charge in [-0.3, -0.25) is 9.59 Å². The van der Waals surface area contributed by atoms with Crippen molar-refractivity contribution in [2.45, 2.75) is 26.7 Å². The van der Waals surface area contributed by atoms with E-state index in [1.165, 1.54) is 0 Å². The third-order valence-corrected chi connectivity index (χ3v) is 5.92. The molecule has 0 saturated heterocycles. The highest BCUT2D eigenvalue weighted by Gasteiger charge is 2.27. The maximum Gasteiger partial charge on any atom is 0.240 e. The first-order valence-electron chi connectivity index (χ1n) is 8.93. The van der Waals surface area contributed by atoms with Crippen molar-refractivity contribution < 1.29 is 9.59 Å². The molecule has 3 rings (SSSR count). The normalized spacial score (nSPS) is 14.0. The van der Waals surface area contributed by atoms with E-state index in [2.05, 4.69) is 35.1 Å². The molecule has 2 aromatic rings. The number of amides is 2. The predicted octanol–water partition coefficient (Wildman–Crippen LogP) is 4.53. The fourth-order valence-corrected chi connectivity index (χ4v) is 4.20. The van der Waals surface area contributed by atoms with E-state index >= 15 is 0 Å². The van der Waals surface area contributed by atoms with Crippen molar-refractivity contribution in [3.05, 3.63) is 45.1 Å². The molecule has 1 aliphatic rings. The van der Waals surface area contributed by atoms with Crippen LogP contribution in [0.15, 0.2) is 45.2 Å². The first-order valence-corrected chi connectivity index (χ1v) is 10.5. The predicted molar refractivity (Wildman–Crippen MR) is 114 cm³/mol. The van der Waals surface area contributed by atoms with Gasteiger partial charge < -0.3 is 10.2 Å². The lowest BCUT2D eigenvalue weighted by atomic mass is 10.1.